The van der Waals surface area contributed by atoms with Gasteiger partial charge in [0.15, 0.2) is 6.29 Å². The fourth-order valence-electron chi connectivity index (χ4n) is 2.89. The van der Waals surface area contributed by atoms with Crippen molar-refractivity contribution in [2.24, 2.45) is 0 Å². The van der Waals surface area contributed by atoms with Gasteiger partial charge in [-0.1, -0.05) is 0 Å². The molecule has 0 saturated carbocycles. The van der Waals surface area contributed by atoms with Crippen molar-refractivity contribution < 1.29 is 18.0 Å². The summed E-state index contributed by atoms with van der Waals surface area (Å²) in [5.41, 5.74) is -0.961. The first-order chi connectivity index (χ1) is 12.4. The Hall–Kier alpha value is -3.43. The lowest BCUT2D eigenvalue weighted by Gasteiger charge is -2.10. The van der Waals surface area contributed by atoms with Crippen LogP contribution in [0, 0.1) is 0 Å². The largest absolute Gasteiger partial charge is 0.416 e. The molecule has 4 aromatic rings. The average Bonchev–Trinajstić information content (AvgIpc) is 3.22. The number of carbonyl (C=O) groups is 1. The van der Waals surface area contributed by atoms with E-state index in [-0.39, 0.29) is 23.3 Å². The second-order valence-corrected chi connectivity index (χ2v) is 5.62. The summed E-state index contributed by atoms with van der Waals surface area (Å²) >= 11 is 0. The van der Waals surface area contributed by atoms with Crippen LogP contribution in [0.4, 0.5) is 13.2 Å². The molecule has 10 heteroatoms. The number of imidazole rings is 2. The molecule has 2 N–H and O–H groups in total. The van der Waals surface area contributed by atoms with Crippen LogP contribution in [0.1, 0.15) is 27.6 Å². The van der Waals surface area contributed by atoms with Crippen LogP contribution in [0.25, 0.3) is 16.7 Å². The minimum Gasteiger partial charge on any atom is -0.348 e. The summed E-state index contributed by atoms with van der Waals surface area (Å²) in [7, 11) is 0. The minimum atomic E-state index is -4.54. The van der Waals surface area contributed by atoms with Crippen molar-refractivity contribution in [3.8, 4) is 0 Å². The number of aromatic nitrogens is 5. The number of aldehydes is 1. The van der Waals surface area contributed by atoms with E-state index in [2.05, 4.69) is 19.9 Å². The van der Waals surface area contributed by atoms with Gasteiger partial charge in [-0.15, -0.1) is 0 Å². The molecule has 26 heavy (non-hydrogen) atoms. The number of fused-ring (bicyclic) bond motifs is 3. The van der Waals surface area contributed by atoms with Crippen LogP contribution < -0.4 is 5.56 Å². The van der Waals surface area contributed by atoms with Gasteiger partial charge in [-0.05, 0) is 18.2 Å². The molecular weight excluding hydrogens is 351 g/mol. The summed E-state index contributed by atoms with van der Waals surface area (Å²) in [6, 6.07) is 3.01. The maximum Gasteiger partial charge on any atom is 0.416 e. The van der Waals surface area contributed by atoms with Crippen LogP contribution in [0.3, 0.4) is 0 Å². The molecular formula is C16H10F3N5O2. The standard InChI is InChI=1S/C16H10F3N5O2/c17-16(18,19)8-1-2-11-9(5-8)23-15(26)14-22-10(7-25)12(24(11)14)6-13-20-3-4-21-13/h1-5,7H,6H2,(H,20,21)(H,23,26). The molecule has 0 fully saturated rings. The Morgan fingerprint density at radius 1 is 1.27 bits per heavy atom. The van der Waals surface area contributed by atoms with E-state index in [1.165, 1.54) is 16.7 Å². The molecule has 0 radical (unpaired) electrons. The van der Waals surface area contributed by atoms with E-state index in [1.807, 2.05) is 0 Å². The van der Waals surface area contributed by atoms with E-state index < -0.39 is 17.3 Å². The number of carbonyl (C=O) groups excluding carboxylic acids is 1. The zero-order chi connectivity index (χ0) is 18.5. The van der Waals surface area contributed by atoms with Crippen LogP contribution in [0.15, 0.2) is 35.4 Å². The molecule has 7 nitrogen and oxygen atoms in total. The number of H-pyrrole nitrogens is 2. The highest BCUT2D eigenvalue weighted by Crippen LogP contribution is 2.31. The Labute approximate surface area is 142 Å². The lowest BCUT2D eigenvalue weighted by molar-refractivity contribution is -0.137. The van der Waals surface area contributed by atoms with Crippen LogP contribution in [-0.2, 0) is 12.6 Å². The average molecular weight is 361 g/mol. The van der Waals surface area contributed by atoms with Crippen molar-refractivity contribution in [3.63, 3.8) is 0 Å². The van der Waals surface area contributed by atoms with Gasteiger partial charge in [-0.3, -0.25) is 14.0 Å². The molecule has 3 aromatic heterocycles. The fraction of sp³-hybridized carbons (Fsp3) is 0.125. The summed E-state index contributed by atoms with van der Waals surface area (Å²) < 4.78 is 40.2. The summed E-state index contributed by atoms with van der Waals surface area (Å²) in [4.78, 5) is 37.0. The maximum absolute atomic E-state index is 13.0. The molecule has 3 heterocycles. The maximum atomic E-state index is 13.0. The highest BCUT2D eigenvalue weighted by Gasteiger charge is 2.31. The van der Waals surface area contributed by atoms with Crippen molar-refractivity contribution in [3.05, 3.63) is 63.7 Å². The molecule has 4 rings (SSSR count). The number of alkyl halides is 3. The van der Waals surface area contributed by atoms with E-state index in [4.69, 9.17) is 0 Å². The van der Waals surface area contributed by atoms with Gasteiger partial charge in [0, 0.05) is 18.8 Å². The number of aromatic amines is 2. The molecule has 132 valence electrons. The van der Waals surface area contributed by atoms with Crippen molar-refractivity contribution in [1.82, 2.24) is 24.3 Å². The van der Waals surface area contributed by atoms with Gasteiger partial charge in [0.05, 0.1) is 22.3 Å². The number of hydrogen-bond donors (Lipinski definition) is 2. The second-order valence-electron chi connectivity index (χ2n) is 5.62. The van der Waals surface area contributed by atoms with Gasteiger partial charge in [0.2, 0.25) is 5.65 Å². The molecule has 0 aliphatic rings. The van der Waals surface area contributed by atoms with Crippen LogP contribution in [0.5, 0.6) is 0 Å². The first kappa shape index (κ1) is 16.1. The first-order valence-corrected chi connectivity index (χ1v) is 7.46. The van der Waals surface area contributed by atoms with E-state index >= 15 is 0 Å². The monoisotopic (exact) mass is 361 g/mol. The van der Waals surface area contributed by atoms with Crippen LogP contribution in [0.2, 0.25) is 0 Å². The molecule has 0 unspecified atom stereocenters. The Bertz CT molecular complexity index is 1190. The van der Waals surface area contributed by atoms with E-state index in [9.17, 15) is 22.8 Å². The van der Waals surface area contributed by atoms with Crippen LogP contribution >= 0.6 is 0 Å². The van der Waals surface area contributed by atoms with Crippen molar-refractivity contribution in [2.45, 2.75) is 12.6 Å². The molecule has 0 amide bonds. The number of rotatable bonds is 3. The summed E-state index contributed by atoms with van der Waals surface area (Å²) in [6.45, 7) is 0. The summed E-state index contributed by atoms with van der Waals surface area (Å²) in [5, 5.41) is 0. The molecule has 0 aliphatic carbocycles. The number of nitrogens with one attached hydrogen (secondary N) is 2. The van der Waals surface area contributed by atoms with Crippen molar-refractivity contribution in [1.29, 1.82) is 0 Å². The highest BCUT2D eigenvalue weighted by molar-refractivity contribution is 5.82. The summed E-state index contributed by atoms with van der Waals surface area (Å²) in [5.74, 6) is 0.523. The third-order valence-corrected chi connectivity index (χ3v) is 4.02. The topological polar surface area (TPSA) is 95.9 Å². The number of nitrogens with zero attached hydrogens (tertiary/aromatic N) is 3. The van der Waals surface area contributed by atoms with Gasteiger partial charge < -0.3 is 9.97 Å². The molecule has 1 aromatic carbocycles. The van der Waals surface area contributed by atoms with Gasteiger partial charge in [-0.2, -0.15) is 13.2 Å². The SMILES string of the molecule is O=Cc1nc2c(=O)[nH]c3cc(C(F)(F)F)ccc3n2c1Cc1ncc[nH]1. The zero-order valence-electron chi connectivity index (χ0n) is 13.0. The number of halogens is 3. The predicted molar refractivity (Wildman–Crippen MR) is 85.1 cm³/mol. The van der Waals surface area contributed by atoms with Crippen molar-refractivity contribution >= 4 is 23.0 Å². The third-order valence-electron chi connectivity index (χ3n) is 4.02. The molecule has 0 spiro atoms. The zero-order valence-corrected chi connectivity index (χ0v) is 13.0. The quantitative estimate of drug-likeness (QED) is 0.548. The highest BCUT2D eigenvalue weighted by atomic mass is 19.4. The molecule has 0 bridgehead atoms. The van der Waals surface area contributed by atoms with Gasteiger partial charge in [0.1, 0.15) is 11.5 Å². The smallest absolute Gasteiger partial charge is 0.348 e. The Morgan fingerprint density at radius 3 is 2.73 bits per heavy atom. The fourth-order valence-corrected chi connectivity index (χ4v) is 2.89. The second kappa shape index (κ2) is 5.55. The van der Waals surface area contributed by atoms with Crippen molar-refractivity contribution in [2.75, 3.05) is 0 Å². The molecule has 0 aliphatic heterocycles. The molecule has 0 atom stereocenters. The Kier molecular flexibility index (Phi) is 3.43. The van der Waals surface area contributed by atoms with Gasteiger partial charge >= 0.3 is 6.18 Å². The predicted octanol–water partition coefficient (Wildman–Crippen LogP) is 2.32. The van der Waals surface area contributed by atoms with E-state index in [0.717, 1.165) is 12.1 Å². The normalized spacial score (nSPS) is 12.1. The van der Waals surface area contributed by atoms with E-state index in [1.54, 1.807) is 6.20 Å². The Balaban J connectivity index is 2.06. The van der Waals surface area contributed by atoms with Gasteiger partial charge in [0.25, 0.3) is 5.56 Å². The molecule has 0 saturated heterocycles. The minimum absolute atomic E-state index is 0.00660. The number of benzene rings is 1. The summed E-state index contributed by atoms with van der Waals surface area (Å²) in [6.07, 6.45) is -0.762. The van der Waals surface area contributed by atoms with E-state index in [0.29, 0.717) is 23.3 Å². The number of hydrogen-bond acceptors (Lipinski definition) is 4. The third kappa shape index (κ3) is 2.46. The Morgan fingerprint density at radius 2 is 2.08 bits per heavy atom. The first-order valence-electron chi connectivity index (χ1n) is 7.46. The van der Waals surface area contributed by atoms with Crippen LogP contribution in [-0.4, -0.2) is 30.6 Å². The van der Waals surface area contributed by atoms with Gasteiger partial charge in [-0.25, -0.2) is 9.97 Å². The lowest BCUT2D eigenvalue weighted by Crippen LogP contribution is -2.13. The lowest BCUT2D eigenvalue weighted by atomic mass is 10.1.